The van der Waals surface area contributed by atoms with E-state index in [1.54, 1.807) is 0 Å². The number of hydrogen-bond donors (Lipinski definition) is 1. The molecular weight excluding hydrogens is 296 g/mol. The first kappa shape index (κ1) is 15.0. The number of hydrogen-bond acceptors (Lipinski definition) is 2. The molecule has 2 heteroatoms. The number of aliphatic hydroxyl groups excluding tert-OH is 1. The summed E-state index contributed by atoms with van der Waals surface area (Å²) in [6.45, 7) is 2.41. The number of fused-ring (bicyclic) bond motifs is 3. The minimum absolute atomic E-state index is 0.0334. The Kier molecular flexibility index (Phi) is 3.83. The number of aliphatic hydroxyl groups is 1. The molecule has 0 aromatic heterocycles. The molecule has 2 nitrogen and oxygen atoms in total. The Bertz CT molecular complexity index is 896. The van der Waals surface area contributed by atoms with Crippen molar-refractivity contribution in [2.24, 2.45) is 0 Å². The number of rotatable bonds is 4. The highest BCUT2D eigenvalue weighted by Crippen LogP contribution is 2.41. The van der Waals surface area contributed by atoms with Gasteiger partial charge in [-0.25, -0.2) is 0 Å². The average molecular weight is 316 g/mol. The van der Waals surface area contributed by atoms with Gasteiger partial charge in [-0.1, -0.05) is 48.5 Å². The minimum Gasteiger partial charge on any atom is -0.491 e. The molecule has 0 atom stereocenters. The number of benzene rings is 3. The SMILES string of the molecule is Cc1cc(-c2cccc3c2Cc2ccccc2-3)ccc1OCCO. The van der Waals surface area contributed by atoms with Crippen LogP contribution >= 0.6 is 0 Å². The van der Waals surface area contributed by atoms with Crippen LogP contribution in [0.3, 0.4) is 0 Å². The molecule has 0 fully saturated rings. The van der Waals surface area contributed by atoms with E-state index < -0.39 is 0 Å². The largest absolute Gasteiger partial charge is 0.491 e. The van der Waals surface area contributed by atoms with E-state index in [-0.39, 0.29) is 6.61 Å². The van der Waals surface area contributed by atoms with Crippen LogP contribution in [-0.4, -0.2) is 18.3 Å². The van der Waals surface area contributed by atoms with E-state index in [2.05, 4.69) is 54.6 Å². The van der Waals surface area contributed by atoms with Crippen LogP contribution < -0.4 is 4.74 Å². The Morgan fingerprint density at radius 2 is 1.71 bits per heavy atom. The van der Waals surface area contributed by atoms with Crippen molar-refractivity contribution < 1.29 is 9.84 Å². The number of ether oxygens (including phenoxy) is 1. The van der Waals surface area contributed by atoms with Gasteiger partial charge in [-0.3, -0.25) is 0 Å². The molecule has 0 aliphatic heterocycles. The molecule has 120 valence electrons. The zero-order chi connectivity index (χ0) is 16.5. The third-order valence-corrected chi connectivity index (χ3v) is 4.69. The summed E-state index contributed by atoms with van der Waals surface area (Å²) in [6.07, 6.45) is 0.990. The lowest BCUT2D eigenvalue weighted by atomic mass is 9.94. The molecule has 0 radical (unpaired) electrons. The Hall–Kier alpha value is -2.58. The van der Waals surface area contributed by atoms with E-state index in [4.69, 9.17) is 9.84 Å². The fourth-order valence-electron chi connectivity index (χ4n) is 3.56. The van der Waals surface area contributed by atoms with E-state index in [1.165, 1.54) is 33.4 Å². The van der Waals surface area contributed by atoms with E-state index >= 15 is 0 Å². The molecule has 0 amide bonds. The van der Waals surface area contributed by atoms with Gasteiger partial charge in [-0.15, -0.1) is 0 Å². The molecular formula is C22H20O2. The maximum Gasteiger partial charge on any atom is 0.122 e. The Balaban J connectivity index is 1.76. The van der Waals surface area contributed by atoms with Crippen LogP contribution in [-0.2, 0) is 6.42 Å². The van der Waals surface area contributed by atoms with Crippen LogP contribution in [0.5, 0.6) is 5.75 Å². The van der Waals surface area contributed by atoms with E-state index in [0.717, 1.165) is 17.7 Å². The Morgan fingerprint density at radius 3 is 2.54 bits per heavy atom. The van der Waals surface area contributed by atoms with E-state index in [0.29, 0.717) is 6.61 Å². The van der Waals surface area contributed by atoms with Gasteiger partial charge >= 0.3 is 0 Å². The quantitative estimate of drug-likeness (QED) is 0.596. The van der Waals surface area contributed by atoms with Crippen molar-refractivity contribution in [2.75, 3.05) is 13.2 Å². The van der Waals surface area contributed by atoms with Crippen molar-refractivity contribution in [3.05, 3.63) is 77.4 Å². The zero-order valence-electron chi connectivity index (χ0n) is 13.8. The lowest BCUT2D eigenvalue weighted by molar-refractivity contribution is 0.200. The van der Waals surface area contributed by atoms with Crippen LogP contribution in [0.25, 0.3) is 22.3 Å². The maximum atomic E-state index is 8.92. The predicted molar refractivity (Wildman–Crippen MR) is 97.4 cm³/mol. The summed E-state index contributed by atoms with van der Waals surface area (Å²) >= 11 is 0. The van der Waals surface area contributed by atoms with Gasteiger partial charge in [-0.2, -0.15) is 0 Å². The van der Waals surface area contributed by atoms with Crippen molar-refractivity contribution in [3.8, 4) is 28.0 Å². The fourth-order valence-corrected chi connectivity index (χ4v) is 3.56. The summed E-state index contributed by atoms with van der Waals surface area (Å²) in [5.41, 5.74) is 9.11. The maximum absolute atomic E-state index is 8.92. The summed E-state index contributed by atoms with van der Waals surface area (Å²) in [4.78, 5) is 0. The minimum atomic E-state index is 0.0334. The Labute approximate surface area is 142 Å². The topological polar surface area (TPSA) is 29.5 Å². The van der Waals surface area contributed by atoms with Crippen molar-refractivity contribution in [3.63, 3.8) is 0 Å². The monoisotopic (exact) mass is 316 g/mol. The van der Waals surface area contributed by atoms with Crippen molar-refractivity contribution in [2.45, 2.75) is 13.3 Å². The number of aryl methyl sites for hydroxylation is 1. The van der Waals surface area contributed by atoms with Gasteiger partial charge in [-0.05, 0) is 64.4 Å². The molecule has 0 saturated carbocycles. The van der Waals surface area contributed by atoms with Crippen LogP contribution in [0.4, 0.5) is 0 Å². The van der Waals surface area contributed by atoms with Gasteiger partial charge in [0.25, 0.3) is 0 Å². The first-order valence-corrected chi connectivity index (χ1v) is 8.33. The highest BCUT2D eigenvalue weighted by Gasteiger charge is 2.21. The summed E-state index contributed by atoms with van der Waals surface area (Å²) < 4.78 is 5.57. The van der Waals surface area contributed by atoms with Crippen LogP contribution in [0.2, 0.25) is 0 Å². The first-order chi connectivity index (χ1) is 11.8. The average Bonchev–Trinajstić information content (AvgIpc) is 2.99. The molecule has 0 heterocycles. The molecule has 1 N–H and O–H groups in total. The molecule has 0 unspecified atom stereocenters. The van der Waals surface area contributed by atoms with Crippen molar-refractivity contribution in [1.82, 2.24) is 0 Å². The second-order valence-electron chi connectivity index (χ2n) is 6.22. The van der Waals surface area contributed by atoms with Gasteiger partial charge in [0.05, 0.1) is 6.61 Å². The smallest absolute Gasteiger partial charge is 0.122 e. The van der Waals surface area contributed by atoms with Crippen LogP contribution in [0, 0.1) is 6.92 Å². The summed E-state index contributed by atoms with van der Waals surface area (Å²) in [5, 5.41) is 8.92. The molecule has 1 aliphatic rings. The summed E-state index contributed by atoms with van der Waals surface area (Å²) in [6, 6.07) is 21.5. The van der Waals surface area contributed by atoms with Crippen molar-refractivity contribution >= 4 is 0 Å². The van der Waals surface area contributed by atoms with Gasteiger partial charge in [0.2, 0.25) is 0 Å². The molecule has 0 spiro atoms. The standard InChI is InChI=1S/C22H20O2/c1-15-13-17(9-10-22(15)24-12-11-23)19-7-4-8-20-18-6-3-2-5-16(18)14-21(19)20/h2-10,13,23H,11-12,14H2,1H3. The second-order valence-corrected chi connectivity index (χ2v) is 6.22. The van der Waals surface area contributed by atoms with Crippen LogP contribution in [0.1, 0.15) is 16.7 Å². The third kappa shape index (κ3) is 2.49. The molecule has 0 bridgehead atoms. The fraction of sp³-hybridized carbons (Fsp3) is 0.182. The van der Waals surface area contributed by atoms with Gasteiger partial charge in [0.15, 0.2) is 0 Å². The molecule has 4 rings (SSSR count). The second kappa shape index (κ2) is 6.14. The highest BCUT2D eigenvalue weighted by atomic mass is 16.5. The van der Waals surface area contributed by atoms with Gasteiger partial charge < -0.3 is 9.84 Å². The Morgan fingerprint density at radius 1 is 0.917 bits per heavy atom. The van der Waals surface area contributed by atoms with Gasteiger partial charge in [0, 0.05) is 0 Å². The molecule has 0 saturated heterocycles. The van der Waals surface area contributed by atoms with Crippen molar-refractivity contribution in [1.29, 1.82) is 0 Å². The lowest BCUT2D eigenvalue weighted by Gasteiger charge is -2.12. The molecule has 24 heavy (non-hydrogen) atoms. The van der Waals surface area contributed by atoms with Crippen LogP contribution in [0.15, 0.2) is 60.7 Å². The third-order valence-electron chi connectivity index (χ3n) is 4.69. The molecule has 3 aromatic carbocycles. The normalized spacial score (nSPS) is 11.9. The first-order valence-electron chi connectivity index (χ1n) is 8.33. The lowest BCUT2D eigenvalue weighted by Crippen LogP contribution is -2.02. The molecule has 3 aromatic rings. The highest BCUT2D eigenvalue weighted by molar-refractivity contribution is 5.85. The molecule has 1 aliphatic carbocycles. The summed E-state index contributed by atoms with van der Waals surface area (Å²) in [5.74, 6) is 0.837. The van der Waals surface area contributed by atoms with E-state index in [9.17, 15) is 0 Å². The predicted octanol–water partition coefficient (Wildman–Crippen LogP) is 4.60. The zero-order valence-corrected chi connectivity index (χ0v) is 13.8. The summed E-state index contributed by atoms with van der Waals surface area (Å²) in [7, 11) is 0. The van der Waals surface area contributed by atoms with E-state index in [1.807, 2.05) is 13.0 Å². The van der Waals surface area contributed by atoms with Gasteiger partial charge in [0.1, 0.15) is 12.4 Å².